The highest BCUT2D eigenvalue weighted by atomic mass is 19.4. The van der Waals surface area contributed by atoms with Crippen LogP contribution in [0, 0.1) is 0 Å². The lowest BCUT2D eigenvalue weighted by atomic mass is 9.98. The number of anilines is 2. The zero-order valence-corrected chi connectivity index (χ0v) is 22.2. The first kappa shape index (κ1) is 27.3. The van der Waals surface area contributed by atoms with Crippen LogP contribution in [-0.2, 0) is 37.5 Å². The highest BCUT2D eigenvalue weighted by Crippen LogP contribution is 2.39. The summed E-state index contributed by atoms with van der Waals surface area (Å²) in [5.41, 5.74) is 1.12. The number of ether oxygens (including phenoxy) is 1. The molecule has 0 spiro atoms. The number of hydrogen-bond donors (Lipinski definition) is 1. The van der Waals surface area contributed by atoms with E-state index in [0.717, 1.165) is 23.0 Å². The Bertz CT molecular complexity index is 1490. The fraction of sp³-hybridized carbons (Fsp3) is 0.310. The number of amides is 1. The number of alkyl halides is 3. The van der Waals surface area contributed by atoms with Gasteiger partial charge >= 0.3 is 6.18 Å². The van der Waals surface area contributed by atoms with Crippen LogP contribution in [0.2, 0.25) is 0 Å². The first-order valence-electron chi connectivity index (χ1n) is 12.9. The number of nitrogens with zero attached hydrogens (tertiary/aromatic N) is 5. The number of carbonyl (C=O) groups is 1. The largest absolute Gasteiger partial charge is 0.416 e. The summed E-state index contributed by atoms with van der Waals surface area (Å²) in [5.74, 6) is 1.02. The van der Waals surface area contributed by atoms with E-state index < -0.39 is 17.6 Å². The van der Waals surface area contributed by atoms with E-state index in [1.807, 2.05) is 54.9 Å². The molecule has 0 radical (unpaired) electrons. The summed E-state index contributed by atoms with van der Waals surface area (Å²) in [6, 6.07) is 17.2. The van der Waals surface area contributed by atoms with Crippen molar-refractivity contribution in [3.05, 3.63) is 101 Å². The van der Waals surface area contributed by atoms with Crippen molar-refractivity contribution in [3.63, 3.8) is 0 Å². The summed E-state index contributed by atoms with van der Waals surface area (Å²) in [7, 11) is 1.86. The van der Waals surface area contributed by atoms with Gasteiger partial charge in [-0.25, -0.2) is 4.98 Å². The van der Waals surface area contributed by atoms with Crippen molar-refractivity contribution in [1.29, 1.82) is 0 Å². The van der Waals surface area contributed by atoms with Gasteiger partial charge in [-0.05, 0) is 46.9 Å². The molecule has 0 unspecified atom stereocenters. The number of carbonyl (C=O) groups excluding carboxylic acids is 1. The Balaban J connectivity index is 1.38. The van der Waals surface area contributed by atoms with Crippen LogP contribution >= 0.6 is 0 Å². The molecule has 1 amide bonds. The lowest BCUT2D eigenvalue weighted by Crippen LogP contribution is -2.25. The van der Waals surface area contributed by atoms with E-state index in [4.69, 9.17) is 4.74 Å². The molecule has 0 saturated heterocycles. The average Bonchev–Trinajstić information content (AvgIpc) is 3.50. The Labute approximate surface area is 229 Å². The van der Waals surface area contributed by atoms with Crippen LogP contribution in [0.4, 0.5) is 24.8 Å². The molecule has 1 atom stereocenters. The molecular weight excluding hydrogens is 521 g/mol. The van der Waals surface area contributed by atoms with Gasteiger partial charge in [0.1, 0.15) is 23.8 Å². The second kappa shape index (κ2) is 11.5. The van der Waals surface area contributed by atoms with Crippen molar-refractivity contribution >= 4 is 17.5 Å². The van der Waals surface area contributed by atoms with Gasteiger partial charge in [-0.1, -0.05) is 43.3 Å². The zero-order valence-electron chi connectivity index (χ0n) is 22.2. The van der Waals surface area contributed by atoms with Crippen molar-refractivity contribution in [1.82, 2.24) is 19.7 Å². The minimum Gasteiger partial charge on any atom is -0.375 e. The minimum atomic E-state index is -4.56. The zero-order chi connectivity index (χ0) is 28.3. The SMILES string of the molecule is C[C@@H](Cc1nncn1C)c1cc(NCCOCc2ccccc2)nc(N2Cc3c(cccc3C(F)(F)F)C2=O)c1. The Hall–Kier alpha value is -4.25. The first-order chi connectivity index (χ1) is 19.2. The van der Waals surface area contributed by atoms with E-state index in [0.29, 0.717) is 32.0 Å². The van der Waals surface area contributed by atoms with Gasteiger partial charge in [-0.2, -0.15) is 13.2 Å². The van der Waals surface area contributed by atoms with E-state index in [1.165, 1.54) is 17.0 Å². The van der Waals surface area contributed by atoms with Crippen LogP contribution in [0.1, 0.15) is 51.3 Å². The van der Waals surface area contributed by atoms with E-state index in [-0.39, 0.29) is 29.4 Å². The monoisotopic (exact) mass is 550 g/mol. The second-order valence-corrected chi connectivity index (χ2v) is 9.79. The number of hydrogen-bond acceptors (Lipinski definition) is 6. The number of nitrogens with one attached hydrogen (secondary N) is 1. The van der Waals surface area contributed by atoms with Crippen molar-refractivity contribution in [2.45, 2.75) is 38.6 Å². The molecule has 5 rings (SSSR count). The van der Waals surface area contributed by atoms with Gasteiger partial charge in [0.05, 0.1) is 25.3 Å². The summed E-state index contributed by atoms with van der Waals surface area (Å²) in [4.78, 5) is 19.2. The molecule has 1 N–H and O–H groups in total. The lowest BCUT2D eigenvalue weighted by Gasteiger charge is -2.20. The van der Waals surface area contributed by atoms with Gasteiger partial charge in [0.15, 0.2) is 0 Å². The summed E-state index contributed by atoms with van der Waals surface area (Å²) >= 11 is 0. The number of benzene rings is 2. The van der Waals surface area contributed by atoms with Gasteiger partial charge in [0.2, 0.25) is 0 Å². The quantitative estimate of drug-likeness (QED) is 0.268. The average molecular weight is 551 g/mol. The molecule has 2 aromatic heterocycles. The predicted octanol–water partition coefficient (Wildman–Crippen LogP) is 5.36. The molecule has 0 saturated carbocycles. The van der Waals surface area contributed by atoms with Gasteiger partial charge in [-0.15, -0.1) is 10.2 Å². The molecule has 0 fully saturated rings. The van der Waals surface area contributed by atoms with Crippen LogP contribution in [0.5, 0.6) is 0 Å². The second-order valence-electron chi connectivity index (χ2n) is 9.79. The normalized spacial score (nSPS) is 13.9. The highest BCUT2D eigenvalue weighted by molar-refractivity contribution is 6.10. The van der Waals surface area contributed by atoms with Crippen LogP contribution in [0.15, 0.2) is 67.0 Å². The van der Waals surface area contributed by atoms with Crippen LogP contribution in [0.3, 0.4) is 0 Å². The third-order valence-electron chi connectivity index (χ3n) is 6.91. The molecule has 0 bridgehead atoms. The third-order valence-corrected chi connectivity index (χ3v) is 6.91. The Morgan fingerprint density at radius 1 is 1.10 bits per heavy atom. The number of aryl methyl sites for hydroxylation is 1. The lowest BCUT2D eigenvalue weighted by molar-refractivity contribution is -0.138. The minimum absolute atomic E-state index is 0.0367. The van der Waals surface area contributed by atoms with Gasteiger partial charge in [0.25, 0.3) is 5.91 Å². The fourth-order valence-electron chi connectivity index (χ4n) is 4.73. The van der Waals surface area contributed by atoms with E-state index in [1.54, 1.807) is 12.4 Å². The van der Waals surface area contributed by atoms with Crippen molar-refractivity contribution in [2.24, 2.45) is 7.05 Å². The topological polar surface area (TPSA) is 85.2 Å². The highest BCUT2D eigenvalue weighted by Gasteiger charge is 2.40. The van der Waals surface area contributed by atoms with Crippen LogP contribution < -0.4 is 10.2 Å². The molecule has 2 aromatic carbocycles. The molecule has 4 aromatic rings. The summed E-state index contributed by atoms with van der Waals surface area (Å²) < 4.78 is 48.6. The van der Waals surface area contributed by atoms with Gasteiger partial charge in [-0.3, -0.25) is 9.69 Å². The Kier molecular flexibility index (Phi) is 7.83. The number of pyridine rings is 1. The predicted molar refractivity (Wildman–Crippen MR) is 144 cm³/mol. The standard InChI is InChI=1S/C29H29F3N6O2/c1-19(13-27-36-34-18-37(27)2)21-14-25(33-11-12-40-17-20-7-4-3-5-8-20)35-26(15-21)38-16-23-22(28(38)39)9-6-10-24(23)29(30,31)32/h3-10,14-15,18-19H,11-13,16-17H2,1-2H3,(H,33,35)/t19-/m0/s1. The molecule has 8 nitrogen and oxygen atoms in total. The van der Waals surface area contributed by atoms with E-state index in [2.05, 4.69) is 20.5 Å². The van der Waals surface area contributed by atoms with Crippen molar-refractivity contribution in [2.75, 3.05) is 23.4 Å². The summed E-state index contributed by atoms with van der Waals surface area (Å²) in [6.07, 6.45) is -2.36. The van der Waals surface area contributed by atoms with Gasteiger partial charge < -0.3 is 14.6 Å². The number of aromatic nitrogens is 4. The molecule has 0 aliphatic carbocycles. The first-order valence-corrected chi connectivity index (χ1v) is 12.9. The number of fused-ring (bicyclic) bond motifs is 1. The number of halogens is 3. The fourth-order valence-corrected chi connectivity index (χ4v) is 4.73. The molecule has 40 heavy (non-hydrogen) atoms. The molecule has 3 heterocycles. The summed E-state index contributed by atoms with van der Waals surface area (Å²) in [5, 5.41) is 11.3. The molecule has 208 valence electrons. The molecule has 1 aliphatic rings. The maximum atomic E-state index is 13.7. The van der Waals surface area contributed by atoms with Crippen molar-refractivity contribution < 1.29 is 22.7 Å². The molecule has 11 heteroatoms. The maximum Gasteiger partial charge on any atom is 0.416 e. The van der Waals surface area contributed by atoms with E-state index in [9.17, 15) is 18.0 Å². The molecular formula is C29H29F3N6O2. The Morgan fingerprint density at radius 3 is 2.62 bits per heavy atom. The Morgan fingerprint density at radius 2 is 1.90 bits per heavy atom. The molecule has 1 aliphatic heterocycles. The third kappa shape index (κ3) is 5.99. The summed E-state index contributed by atoms with van der Waals surface area (Å²) in [6.45, 7) is 3.14. The van der Waals surface area contributed by atoms with Crippen LogP contribution in [0.25, 0.3) is 0 Å². The smallest absolute Gasteiger partial charge is 0.375 e. The maximum absolute atomic E-state index is 13.7. The van der Waals surface area contributed by atoms with Crippen LogP contribution in [-0.4, -0.2) is 38.8 Å². The van der Waals surface area contributed by atoms with Gasteiger partial charge in [0, 0.05) is 25.6 Å². The van der Waals surface area contributed by atoms with Crippen molar-refractivity contribution in [3.8, 4) is 0 Å². The van der Waals surface area contributed by atoms with E-state index >= 15 is 0 Å². The number of rotatable bonds is 10.